The molecule has 0 radical (unpaired) electrons. The van der Waals surface area contributed by atoms with Crippen LogP contribution in [0.25, 0.3) is 0 Å². The molecule has 0 N–H and O–H groups in total. The van der Waals surface area contributed by atoms with Gasteiger partial charge in [0.25, 0.3) is 0 Å². The van der Waals surface area contributed by atoms with E-state index in [9.17, 15) is 4.79 Å². The van der Waals surface area contributed by atoms with E-state index < -0.39 is 0 Å². The van der Waals surface area contributed by atoms with Crippen LogP contribution in [-0.4, -0.2) is 10.8 Å². The van der Waals surface area contributed by atoms with Crippen LogP contribution in [0.5, 0.6) is 0 Å². The first-order chi connectivity index (χ1) is 6.08. The molecule has 1 heterocycles. The van der Waals surface area contributed by atoms with E-state index in [0.717, 1.165) is 16.3 Å². The number of hydrogen-bond acceptors (Lipinski definition) is 3. The molecule has 1 aromatic rings. The smallest absolute Gasteiger partial charge is 0.142 e. The molecule has 0 saturated carbocycles. The highest BCUT2D eigenvalue weighted by Gasteiger charge is 2.06. The maximum atomic E-state index is 11.3. The fourth-order valence-corrected chi connectivity index (χ4v) is 1.70. The van der Waals surface area contributed by atoms with Gasteiger partial charge in [0.05, 0.1) is 10.7 Å². The summed E-state index contributed by atoms with van der Waals surface area (Å²) < 4.78 is 0. The van der Waals surface area contributed by atoms with E-state index in [-0.39, 0.29) is 5.78 Å². The molecule has 0 aliphatic heterocycles. The molecule has 0 aliphatic carbocycles. The number of thiazole rings is 1. The number of Topliss-reactive ketones (excluding diaryl/α,β-unsaturated/α-hetero) is 1. The van der Waals surface area contributed by atoms with Crippen LogP contribution < -0.4 is 0 Å². The van der Waals surface area contributed by atoms with Crippen LogP contribution in [-0.2, 0) is 11.2 Å². The standard InChI is InChI=1S/C10H13NOS/c1-7(2)4-10(12)5-9-6-13-8(3)11-9/h6H,1,4-5H2,2-3H3. The fraction of sp³-hybridized carbons (Fsp3) is 0.400. The van der Waals surface area contributed by atoms with Crippen LogP contribution in [0.3, 0.4) is 0 Å². The van der Waals surface area contributed by atoms with Gasteiger partial charge < -0.3 is 0 Å². The van der Waals surface area contributed by atoms with E-state index in [0.29, 0.717) is 12.8 Å². The Labute approximate surface area is 82.3 Å². The van der Waals surface area contributed by atoms with Crippen molar-refractivity contribution in [2.75, 3.05) is 0 Å². The first kappa shape index (κ1) is 10.1. The van der Waals surface area contributed by atoms with Crippen LogP contribution in [0.4, 0.5) is 0 Å². The van der Waals surface area contributed by atoms with Crippen molar-refractivity contribution in [3.8, 4) is 0 Å². The lowest BCUT2D eigenvalue weighted by Crippen LogP contribution is -2.02. The molecule has 3 heteroatoms. The number of aryl methyl sites for hydroxylation is 1. The minimum Gasteiger partial charge on any atom is -0.299 e. The van der Waals surface area contributed by atoms with Gasteiger partial charge in [-0.25, -0.2) is 4.98 Å². The van der Waals surface area contributed by atoms with Crippen molar-refractivity contribution in [1.82, 2.24) is 4.98 Å². The molecule has 0 amide bonds. The summed E-state index contributed by atoms with van der Waals surface area (Å²) >= 11 is 1.58. The third kappa shape index (κ3) is 3.51. The van der Waals surface area contributed by atoms with Gasteiger partial charge in [0.2, 0.25) is 0 Å². The van der Waals surface area contributed by atoms with Gasteiger partial charge >= 0.3 is 0 Å². The summed E-state index contributed by atoms with van der Waals surface area (Å²) in [5.74, 6) is 0.192. The third-order valence-corrected chi connectivity index (χ3v) is 2.37. The van der Waals surface area contributed by atoms with Crippen molar-refractivity contribution in [1.29, 1.82) is 0 Å². The summed E-state index contributed by atoms with van der Waals surface area (Å²) in [5.41, 5.74) is 1.80. The Morgan fingerprint density at radius 1 is 1.69 bits per heavy atom. The van der Waals surface area contributed by atoms with E-state index in [1.54, 1.807) is 11.3 Å². The van der Waals surface area contributed by atoms with Gasteiger partial charge in [-0.1, -0.05) is 12.2 Å². The van der Waals surface area contributed by atoms with Crippen LogP contribution >= 0.6 is 11.3 Å². The molecule has 1 aromatic heterocycles. The molecule has 0 aromatic carbocycles. The van der Waals surface area contributed by atoms with Gasteiger partial charge in [-0.2, -0.15) is 0 Å². The summed E-state index contributed by atoms with van der Waals surface area (Å²) in [4.78, 5) is 15.6. The average Bonchev–Trinajstić information content (AvgIpc) is 2.33. The number of rotatable bonds is 4. The summed E-state index contributed by atoms with van der Waals surface area (Å²) in [5, 5.41) is 2.95. The molecule has 0 fully saturated rings. The number of allylic oxidation sites excluding steroid dienone is 1. The molecular formula is C10H13NOS. The molecule has 0 spiro atoms. The molecule has 0 saturated heterocycles. The monoisotopic (exact) mass is 195 g/mol. The quantitative estimate of drug-likeness (QED) is 0.691. The number of nitrogens with zero attached hydrogens (tertiary/aromatic N) is 1. The molecule has 0 bridgehead atoms. The van der Waals surface area contributed by atoms with E-state index in [1.165, 1.54) is 0 Å². The van der Waals surface area contributed by atoms with E-state index in [1.807, 2.05) is 19.2 Å². The molecule has 2 nitrogen and oxygen atoms in total. The Balaban J connectivity index is 2.50. The van der Waals surface area contributed by atoms with Gasteiger partial charge in [0, 0.05) is 18.2 Å². The minimum atomic E-state index is 0.192. The second-order valence-electron chi connectivity index (χ2n) is 3.21. The van der Waals surface area contributed by atoms with Crippen molar-refractivity contribution < 1.29 is 4.79 Å². The zero-order chi connectivity index (χ0) is 9.84. The first-order valence-corrected chi connectivity index (χ1v) is 5.03. The van der Waals surface area contributed by atoms with Gasteiger partial charge in [-0.3, -0.25) is 4.79 Å². The predicted molar refractivity (Wildman–Crippen MR) is 55.0 cm³/mol. The zero-order valence-electron chi connectivity index (χ0n) is 7.96. The van der Waals surface area contributed by atoms with E-state index in [2.05, 4.69) is 11.6 Å². The third-order valence-electron chi connectivity index (χ3n) is 1.54. The van der Waals surface area contributed by atoms with Gasteiger partial charge in [0.15, 0.2) is 0 Å². The minimum absolute atomic E-state index is 0.192. The molecule has 13 heavy (non-hydrogen) atoms. The van der Waals surface area contributed by atoms with Crippen molar-refractivity contribution in [2.24, 2.45) is 0 Å². The van der Waals surface area contributed by atoms with Gasteiger partial charge in [-0.05, 0) is 13.8 Å². The Kier molecular flexibility index (Phi) is 3.37. The van der Waals surface area contributed by atoms with Gasteiger partial charge in [0.1, 0.15) is 5.78 Å². The van der Waals surface area contributed by atoms with Crippen molar-refractivity contribution in [2.45, 2.75) is 26.7 Å². The molecule has 70 valence electrons. The Hall–Kier alpha value is -0.960. The average molecular weight is 195 g/mol. The molecular weight excluding hydrogens is 182 g/mol. The van der Waals surface area contributed by atoms with Crippen LogP contribution in [0.2, 0.25) is 0 Å². The fourth-order valence-electron chi connectivity index (χ4n) is 1.09. The SMILES string of the molecule is C=C(C)CC(=O)Cc1csc(C)n1. The number of carbonyl (C=O) groups is 1. The molecule has 0 unspecified atom stereocenters. The highest BCUT2D eigenvalue weighted by atomic mass is 32.1. The van der Waals surface area contributed by atoms with Crippen LogP contribution in [0.15, 0.2) is 17.5 Å². The number of hydrogen-bond donors (Lipinski definition) is 0. The van der Waals surface area contributed by atoms with E-state index >= 15 is 0 Å². The largest absolute Gasteiger partial charge is 0.299 e. The highest BCUT2D eigenvalue weighted by molar-refractivity contribution is 7.09. The molecule has 1 rings (SSSR count). The second kappa shape index (κ2) is 4.33. The Bertz CT molecular complexity index is 327. The summed E-state index contributed by atoms with van der Waals surface area (Å²) in [7, 11) is 0. The van der Waals surface area contributed by atoms with Crippen molar-refractivity contribution >= 4 is 17.1 Å². The van der Waals surface area contributed by atoms with Crippen LogP contribution in [0.1, 0.15) is 24.0 Å². The predicted octanol–water partition coefficient (Wildman–Crippen LogP) is 2.53. The summed E-state index contributed by atoms with van der Waals surface area (Å²) in [6.07, 6.45) is 0.910. The van der Waals surface area contributed by atoms with Crippen molar-refractivity contribution in [3.63, 3.8) is 0 Å². The van der Waals surface area contributed by atoms with E-state index in [4.69, 9.17) is 0 Å². The maximum Gasteiger partial charge on any atom is 0.142 e. The summed E-state index contributed by atoms with van der Waals surface area (Å²) in [6.45, 7) is 7.51. The number of aromatic nitrogens is 1. The number of carbonyl (C=O) groups excluding carboxylic acids is 1. The lowest BCUT2D eigenvalue weighted by Gasteiger charge is -1.96. The lowest BCUT2D eigenvalue weighted by molar-refractivity contribution is -0.117. The second-order valence-corrected chi connectivity index (χ2v) is 4.27. The molecule has 0 aliphatic rings. The van der Waals surface area contributed by atoms with Crippen molar-refractivity contribution in [3.05, 3.63) is 28.2 Å². The topological polar surface area (TPSA) is 30.0 Å². The maximum absolute atomic E-state index is 11.3. The lowest BCUT2D eigenvalue weighted by atomic mass is 10.1. The normalized spacial score (nSPS) is 10.0. The Morgan fingerprint density at radius 2 is 2.38 bits per heavy atom. The highest BCUT2D eigenvalue weighted by Crippen LogP contribution is 2.10. The zero-order valence-corrected chi connectivity index (χ0v) is 8.78. The summed E-state index contributed by atoms with van der Waals surface area (Å²) in [6, 6.07) is 0. The van der Waals surface area contributed by atoms with Crippen LogP contribution in [0, 0.1) is 6.92 Å². The first-order valence-electron chi connectivity index (χ1n) is 4.15. The van der Waals surface area contributed by atoms with Gasteiger partial charge in [-0.15, -0.1) is 11.3 Å². The molecule has 0 atom stereocenters. The Morgan fingerprint density at radius 3 is 2.85 bits per heavy atom. The number of ketones is 1.